The van der Waals surface area contributed by atoms with Gasteiger partial charge in [0.25, 0.3) is 0 Å². The minimum atomic E-state index is 1.07. The SMILES string of the molecule is C=C=C(C)c1ccccc1-n1cccc1. The average Bonchev–Trinajstić information content (AvgIpc) is 2.81. The van der Waals surface area contributed by atoms with Crippen LogP contribution in [0.2, 0.25) is 0 Å². The molecule has 1 aromatic heterocycles. The van der Waals surface area contributed by atoms with Crippen LogP contribution < -0.4 is 0 Å². The molecule has 0 bridgehead atoms. The van der Waals surface area contributed by atoms with Crippen molar-refractivity contribution in [3.8, 4) is 5.69 Å². The standard InChI is InChI=1S/C14H13N/c1-3-12(2)13-8-4-5-9-14(13)15-10-6-7-11-15/h4-11H,1H2,2H3. The Kier molecular flexibility index (Phi) is 2.57. The van der Waals surface area contributed by atoms with Crippen molar-refractivity contribution in [2.45, 2.75) is 6.92 Å². The molecule has 0 saturated carbocycles. The fourth-order valence-corrected chi connectivity index (χ4v) is 1.61. The zero-order chi connectivity index (χ0) is 10.7. The lowest BCUT2D eigenvalue weighted by Gasteiger charge is -2.09. The highest BCUT2D eigenvalue weighted by Gasteiger charge is 2.03. The second-order valence-electron chi connectivity index (χ2n) is 3.41. The normalized spacial score (nSPS) is 9.67. The minimum absolute atomic E-state index is 1.07. The van der Waals surface area contributed by atoms with Crippen molar-refractivity contribution in [1.82, 2.24) is 4.57 Å². The predicted octanol–water partition coefficient (Wildman–Crippen LogP) is 3.67. The smallest absolute Gasteiger partial charge is 0.0530 e. The molecule has 0 radical (unpaired) electrons. The molecule has 0 fully saturated rings. The van der Waals surface area contributed by atoms with Crippen molar-refractivity contribution in [3.63, 3.8) is 0 Å². The molecule has 15 heavy (non-hydrogen) atoms. The summed E-state index contributed by atoms with van der Waals surface area (Å²) in [5, 5.41) is 0. The van der Waals surface area contributed by atoms with Crippen LogP contribution >= 0.6 is 0 Å². The number of hydrogen-bond donors (Lipinski definition) is 0. The summed E-state index contributed by atoms with van der Waals surface area (Å²) < 4.78 is 2.09. The van der Waals surface area contributed by atoms with Crippen LogP contribution in [0.1, 0.15) is 12.5 Å². The molecule has 0 aliphatic heterocycles. The summed E-state index contributed by atoms with van der Waals surface area (Å²) in [6, 6.07) is 12.3. The maximum absolute atomic E-state index is 3.69. The highest BCUT2D eigenvalue weighted by Crippen LogP contribution is 2.21. The lowest BCUT2D eigenvalue weighted by atomic mass is 10.1. The van der Waals surface area contributed by atoms with Gasteiger partial charge in [0.1, 0.15) is 0 Å². The third-order valence-electron chi connectivity index (χ3n) is 2.46. The van der Waals surface area contributed by atoms with E-state index in [2.05, 4.69) is 29.0 Å². The molecule has 2 aromatic rings. The first-order chi connectivity index (χ1) is 7.33. The molecule has 74 valence electrons. The monoisotopic (exact) mass is 195 g/mol. The van der Waals surface area contributed by atoms with Crippen LogP contribution in [0.15, 0.2) is 61.1 Å². The molecule has 0 amide bonds. The van der Waals surface area contributed by atoms with E-state index in [1.54, 1.807) is 0 Å². The Morgan fingerprint density at radius 3 is 2.47 bits per heavy atom. The molecular weight excluding hydrogens is 182 g/mol. The van der Waals surface area contributed by atoms with E-state index in [4.69, 9.17) is 0 Å². The molecule has 0 N–H and O–H groups in total. The fraction of sp³-hybridized carbons (Fsp3) is 0.0714. The Balaban J connectivity index is 2.62. The van der Waals surface area contributed by atoms with E-state index >= 15 is 0 Å². The van der Waals surface area contributed by atoms with Crippen LogP contribution in [0, 0.1) is 0 Å². The van der Waals surface area contributed by atoms with E-state index in [0.29, 0.717) is 0 Å². The van der Waals surface area contributed by atoms with E-state index < -0.39 is 0 Å². The lowest BCUT2D eigenvalue weighted by Crippen LogP contribution is -1.94. The molecule has 1 nitrogen and oxygen atoms in total. The van der Waals surface area contributed by atoms with Crippen molar-refractivity contribution in [2.24, 2.45) is 0 Å². The number of hydrogen-bond acceptors (Lipinski definition) is 0. The Morgan fingerprint density at radius 1 is 1.13 bits per heavy atom. The molecular formula is C14H13N. The van der Waals surface area contributed by atoms with Gasteiger partial charge in [-0.05, 0) is 30.7 Å². The molecule has 0 aliphatic carbocycles. The van der Waals surface area contributed by atoms with Gasteiger partial charge in [-0.2, -0.15) is 0 Å². The van der Waals surface area contributed by atoms with Gasteiger partial charge < -0.3 is 4.57 Å². The van der Waals surface area contributed by atoms with E-state index in [-0.39, 0.29) is 0 Å². The topological polar surface area (TPSA) is 4.93 Å². The van der Waals surface area contributed by atoms with Crippen LogP contribution in [-0.2, 0) is 0 Å². The van der Waals surface area contributed by atoms with Crippen molar-refractivity contribution in [1.29, 1.82) is 0 Å². The quantitative estimate of drug-likeness (QED) is 0.644. The number of nitrogens with zero attached hydrogens (tertiary/aromatic N) is 1. The Hall–Kier alpha value is -1.98. The van der Waals surface area contributed by atoms with Crippen LogP contribution in [0.4, 0.5) is 0 Å². The molecule has 1 heterocycles. The van der Waals surface area contributed by atoms with Crippen LogP contribution in [0.25, 0.3) is 11.3 Å². The van der Waals surface area contributed by atoms with Gasteiger partial charge in [0.05, 0.1) is 5.69 Å². The van der Waals surface area contributed by atoms with E-state index in [1.165, 1.54) is 5.56 Å². The fourth-order valence-electron chi connectivity index (χ4n) is 1.61. The summed E-state index contributed by atoms with van der Waals surface area (Å²) in [7, 11) is 0. The van der Waals surface area contributed by atoms with Gasteiger partial charge >= 0.3 is 0 Å². The Morgan fingerprint density at radius 2 is 1.80 bits per heavy atom. The highest BCUT2D eigenvalue weighted by atomic mass is 14.9. The zero-order valence-corrected chi connectivity index (χ0v) is 8.77. The molecule has 1 heteroatoms. The number of rotatable bonds is 2. The lowest BCUT2D eigenvalue weighted by molar-refractivity contribution is 1.07. The molecule has 1 aromatic carbocycles. The number of para-hydroxylation sites is 1. The Bertz CT molecular complexity index is 500. The first kappa shape index (κ1) is 9.57. The molecule has 2 rings (SSSR count). The van der Waals surface area contributed by atoms with Gasteiger partial charge in [0.2, 0.25) is 0 Å². The van der Waals surface area contributed by atoms with Crippen molar-refractivity contribution in [2.75, 3.05) is 0 Å². The largest absolute Gasteiger partial charge is 0.323 e. The third-order valence-corrected chi connectivity index (χ3v) is 2.46. The summed E-state index contributed by atoms with van der Waals surface area (Å²) in [6.45, 7) is 5.71. The summed E-state index contributed by atoms with van der Waals surface area (Å²) in [6.07, 6.45) is 4.07. The summed E-state index contributed by atoms with van der Waals surface area (Å²) in [5.74, 6) is 0. The first-order valence-corrected chi connectivity index (χ1v) is 4.92. The third kappa shape index (κ3) is 1.78. The maximum Gasteiger partial charge on any atom is 0.0530 e. The van der Waals surface area contributed by atoms with E-state index in [9.17, 15) is 0 Å². The van der Waals surface area contributed by atoms with Crippen LogP contribution in [-0.4, -0.2) is 4.57 Å². The zero-order valence-electron chi connectivity index (χ0n) is 8.77. The highest BCUT2D eigenvalue weighted by molar-refractivity contribution is 5.70. The van der Waals surface area contributed by atoms with Crippen LogP contribution in [0.3, 0.4) is 0 Å². The molecule has 0 unspecified atom stereocenters. The second kappa shape index (κ2) is 4.04. The van der Waals surface area contributed by atoms with Gasteiger partial charge in [0, 0.05) is 18.0 Å². The van der Waals surface area contributed by atoms with Gasteiger partial charge in [-0.25, -0.2) is 0 Å². The predicted molar refractivity (Wildman–Crippen MR) is 64.0 cm³/mol. The van der Waals surface area contributed by atoms with E-state index in [1.807, 2.05) is 43.6 Å². The first-order valence-electron chi connectivity index (χ1n) is 4.92. The molecule has 0 saturated heterocycles. The number of allylic oxidation sites excluding steroid dienone is 1. The van der Waals surface area contributed by atoms with E-state index in [0.717, 1.165) is 11.3 Å². The molecule has 0 aliphatic rings. The summed E-state index contributed by atoms with van der Waals surface area (Å²) in [5.41, 5.74) is 6.34. The average molecular weight is 195 g/mol. The molecule has 0 atom stereocenters. The maximum atomic E-state index is 3.69. The van der Waals surface area contributed by atoms with Gasteiger partial charge in [-0.3, -0.25) is 0 Å². The second-order valence-corrected chi connectivity index (χ2v) is 3.41. The molecule has 0 spiro atoms. The van der Waals surface area contributed by atoms with Gasteiger partial charge in [0.15, 0.2) is 0 Å². The summed E-state index contributed by atoms with van der Waals surface area (Å²) in [4.78, 5) is 0. The van der Waals surface area contributed by atoms with Crippen molar-refractivity contribution >= 4 is 5.57 Å². The number of benzene rings is 1. The van der Waals surface area contributed by atoms with Crippen molar-refractivity contribution in [3.05, 3.63) is 66.7 Å². The minimum Gasteiger partial charge on any atom is -0.323 e. The Labute approximate surface area is 90.0 Å². The van der Waals surface area contributed by atoms with Crippen molar-refractivity contribution < 1.29 is 0 Å². The van der Waals surface area contributed by atoms with Crippen LogP contribution in [0.5, 0.6) is 0 Å². The summed E-state index contributed by atoms with van der Waals surface area (Å²) >= 11 is 0. The van der Waals surface area contributed by atoms with Gasteiger partial charge in [-0.15, -0.1) is 5.73 Å². The number of aromatic nitrogens is 1. The van der Waals surface area contributed by atoms with Gasteiger partial charge in [-0.1, -0.05) is 24.8 Å².